The molecule has 0 unspecified atom stereocenters. The van der Waals surface area contributed by atoms with Crippen molar-refractivity contribution in [2.45, 2.75) is 0 Å². The molecule has 0 aliphatic rings. The van der Waals surface area contributed by atoms with Crippen molar-refractivity contribution in [1.82, 2.24) is 9.97 Å². The van der Waals surface area contributed by atoms with Crippen molar-refractivity contribution >= 4 is 23.4 Å². The fraction of sp³-hybridized carbons (Fsp3) is 0.444. The first-order valence-electron chi connectivity index (χ1n) is 4.69. The van der Waals surface area contributed by atoms with Crippen molar-refractivity contribution in [3.05, 3.63) is 18.1 Å². The normalized spacial score (nSPS) is 11.5. The molecule has 16 heavy (non-hydrogen) atoms. The summed E-state index contributed by atoms with van der Waals surface area (Å²) < 4.78 is 0. The van der Waals surface area contributed by atoms with E-state index in [4.69, 9.17) is 10.9 Å². The molecule has 1 heterocycles. The first kappa shape index (κ1) is 12.6. The predicted molar refractivity (Wildman–Crippen MR) is 66.2 cm³/mol. The highest BCUT2D eigenvalue weighted by molar-refractivity contribution is 7.98. The van der Waals surface area contributed by atoms with Crippen LogP contribution in [0.2, 0.25) is 0 Å². The van der Waals surface area contributed by atoms with Gasteiger partial charge in [0.25, 0.3) is 0 Å². The van der Waals surface area contributed by atoms with E-state index in [0.717, 1.165) is 18.1 Å². The number of nitrogens with two attached hydrogens (primary N) is 1. The van der Waals surface area contributed by atoms with Crippen LogP contribution in [0.4, 0.5) is 5.82 Å². The SMILES string of the molecule is CSCCN(C)c1cnc(C(N)=NO)cn1. The molecule has 0 amide bonds. The van der Waals surface area contributed by atoms with E-state index >= 15 is 0 Å². The summed E-state index contributed by atoms with van der Waals surface area (Å²) in [7, 11) is 1.95. The molecule has 0 bridgehead atoms. The molecule has 0 aromatic carbocycles. The van der Waals surface area contributed by atoms with Gasteiger partial charge in [0.05, 0.1) is 12.4 Å². The number of amidine groups is 1. The van der Waals surface area contributed by atoms with Gasteiger partial charge in [0, 0.05) is 19.3 Å². The Bertz CT molecular complexity index is 353. The second-order valence-electron chi connectivity index (χ2n) is 3.16. The van der Waals surface area contributed by atoms with E-state index in [9.17, 15) is 0 Å². The summed E-state index contributed by atoms with van der Waals surface area (Å²) in [6, 6.07) is 0. The molecule has 0 fully saturated rings. The van der Waals surface area contributed by atoms with Crippen LogP contribution >= 0.6 is 11.8 Å². The average Bonchev–Trinajstić information content (AvgIpc) is 2.35. The van der Waals surface area contributed by atoms with Gasteiger partial charge in [0.15, 0.2) is 5.84 Å². The lowest BCUT2D eigenvalue weighted by molar-refractivity contribution is 0.318. The Morgan fingerprint density at radius 3 is 2.81 bits per heavy atom. The van der Waals surface area contributed by atoms with Gasteiger partial charge < -0.3 is 15.8 Å². The second-order valence-corrected chi connectivity index (χ2v) is 4.15. The summed E-state index contributed by atoms with van der Waals surface area (Å²) in [6.07, 6.45) is 5.15. The molecule has 1 aromatic rings. The number of nitrogens with zero attached hydrogens (tertiary/aromatic N) is 4. The molecule has 3 N–H and O–H groups in total. The van der Waals surface area contributed by atoms with E-state index in [0.29, 0.717) is 5.69 Å². The minimum atomic E-state index is -0.0363. The van der Waals surface area contributed by atoms with Gasteiger partial charge in [-0.1, -0.05) is 5.16 Å². The molecule has 0 saturated carbocycles. The smallest absolute Gasteiger partial charge is 0.190 e. The van der Waals surface area contributed by atoms with Crippen molar-refractivity contribution in [3.63, 3.8) is 0 Å². The zero-order valence-corrected chi connectivity index (χ0v) is 10.1. The maximum Gasteiger partial charge on any atom is 0.190 e. The highest BCUT2D eigenvalue weighted by Gasteiger charge is 2.05. The van der Waals surface area contributed by atoms with Crippen molar-refractivity contribution in [3.8, 4) is 0 Å². The van der Waals surface area contributed by atoms with Gasteiger partial charge in [-0.05, 0) is 6.26 Å². The van der Waals surface area contributed by atoms with Gasteiger partial charge in [-0.15, -0.1) is 0 Å². The van der Waals surface area contributed by atoms with Gasteiger partial charge in [-0.3, -0.25) is 0 Å². The Balaban J connectivity index is 2.71. The maximum atomic E-state index is 8.46. The number of hydrogen-bond donors (Lipinski definition) is 2. The van der Waals surface area contributed by atoms with Crippen LogP contribution in [0.5, 0.6) is 0 Å². The van der Waals surface area contributed by atoms with E-state index in [-0.39, 0.29) is 5.84 Å². The van der Waals surface area contributed by atoms with Gasteiger partial charge >= 0.3 is 0 Å². The summed E-state index contributed by atoms with van der Waals surface area (Å²) >= 11 is 1.77. The number of aromatic nitrogens is 2. The summed E-state index contributed by atoms with van der Waals surface area (Å²) in [5.74, 6) is 1.76. The fourth-order valence-electron chi connectivity index (χ4n) is 1.04. The molecule has 0 saturated heterocycles. The number of hydrogen-bond acceptors (Lipinski definition) is 6. The molecular weight excluding hydrogens is 226 g/mol. The van der Waals surface area contributed by atoms with Crippen molar-refractivity contribution in [2.24, 2.45) is 10.9 Å². The van der Waals surface area contributed by atoms with Crippen LogP contribution < -0.4 is 10.6 Å². The lowest BCUT2D eigenvalue weighted by Gasteiger charge is -2.16. The number of thioether (sulfide) groups is 1. The first-order chi connectivity index (χ1) is 7.69. The minimum absolute atomic E-state index is 0.0363. The van der Waals surface area contributed by atoms with Crippen LogP contribution in [0.25, 0.3) is 0 Å². The van der Waals surface area contributed by atoms with E-state index in [1.165, 1.54) is 6.20 Å². The molecular formula is C9H15N5OS. The highest BCUT2D eigenvalue weighted by Crippen LogP contribution is 2.07. The molecule has 0 atom stereocenters. The second kappa shape index (κ2) is 6.16. The summed E-state index contributed by atoms with van der Waals surface area (Å²) in [5, 5.41) is 11.3. The van der Waals surface area contributed by atoms with Crippen LogP contribution in [0.15, 0.2) is 17.5 Å². The monoisotopic (exact) mass is 241 g/mol. The van der Waals surface area contributed by atoms with Crippen molar-refractivity contribution in [1.29, 1.82) is 0 Å². The third-order valence-corrected chi connectivity index (χ3v) is 2.62. The largest absolute Gasteiger partial charge is 0.409 e. The Labute approximate surface area is 98.6 Å². The Morgan fingerprint density at radius 1 is 1.56 bits per heavy atom. The third-order valence-electron chi connectivity index (χ3n) is 2.03. The molecule has 1 rings (SSSR count). The summed E-state index contributed by atoms with van der Waals surface area (Å²) in [5.41, 5.74) is 5.75. The van der Waals surface area contributed by atoms with E-state index in [1.807, 2.05) is 11.9 Å². The zero-order chi connectivity index (χ0) is 12.0. The van der Waals surface area contributed by atoms with Crippen molar-refractivity contribution < 1.29 is 5.21 Å². The molecule has 0 aliphatic heterocycles. The van der Waals surface area contributed by atoms with E-state index in [1.54, 1.807) is 18.0 Å². The van der Waals surface area contributed by atoms with Crippen LogP contribution in [0.3, 0.4) is 0 Å². The molecule has 6 nitrogen and oxygen atoms in total. The first-order valence-corrected chi connectivity index (χ1v) is 6.08. The fourth-order valence-corrected chi connectivity index (χ4v) is 1.50. The molecule has 1 aromatic heterocycles. The molecule has 0 radical (unpaired) electrons. The minimum Gasteiger partial charge on any atom is -0.409 e. The van der Waals surface area contributed by atoms with Crippen LogP contribution in [-0.2, 0) is 0 Å². The van der Waals surface area contributed by atoms with Gasteiger partial charge in [0.2, 0.25) is 0 Å². The molecule has 0 aliphatic carbocycles. The Morgan fingerprint density at radius 2 is 2.31 bits per heavy atom. The van der Waals surface area contributed by atoms with Gasteiger partial charge in [-0.2, -0.15) is 11.8 Å². The lowest BCUT2D eigenvalue weighted by Crippen LogP contribution is -2.22. The lowest BCUT2D eigenvalue weighted by atomic mass is 10.4. The zero-order valence-electron chi connectivity index (χ0n) is 9.29. The number of rotatable bonds is 5. The van der Waals surface area contributed by atoms with Crippen LogP contribution in [0.1, 0.15) is 5.69 Å². The van der Waals surface area contributed by atoms with E-state index < -0.39 is 0 Å². The Hall–Kier alpha value is -1.50. The summed E-state index contributed by atoms with van der Waals surface area (Å²) in [4.78, 5) is 10.2. The summed E-state index contributed by atoms with van der Waals surface area (Å²) in [6.45, 7) is 0.902. The number of oxime groups is 1. The maximum absolute atomic E-state index is 8.46. The van der Waals surface area contributed by atoms with Crippen molar-refractivity contribution in [2.75, 3.05) is 30.5 Å². The van der Waals surface area contributed by atoms with Crippen LogP contribution in [-0.4, -0.2) is 46.6 Å². The van der Waals surface area contributed by atoms with Gasteiger partial charge in [0.1, 0.15) is 11.5 Å². The highest BCUT2D eigenvalue weighted by atomic mass is 32.2. The third kappa shape index (κ3) is 3.27. The number of anilines is 1. The van der Waals surface area contributed by atoms with Crippen LogP contribution in [0, 0.1) is 0 Å². The van der Waals surface area contributed by atoms with E-state index in [2.05, 4.69) is 21.4 Å². The van der Waals surface area contributed by atoms with Gasteiger partial charge in [-0.25, -0.2) is 9.97 Å². The predicted octanol–water partition coefficient (Wildman–Crippen LogP) is 0.370. The average molecular weight is 241 g/mol. The molecule has 88 valence electrons. The quantitative estimate of drug-likeness (QED) is 0.335. The Kier molecular flexibility index (Phi) is 4.84. The topological polar surface area (TPSA) is 87.6 Å². The molecule has 0 spiro atoms. The standard InChI is InChI=1S/C9H15N5OS/c1-14(3-4-16-2)8-6-11-7(5-12-8)9(10)13-15/h5-6,15H,3-4H2,1-2H3,(H2,10,13). The molecule has 7 heteroatoms.